The van der Waals surface area contributed by atoms with Gasteiger partial charge in [-0.05, 0) is 19.9 Å². The van der Waals surface area contributed by atoms with E-state index in [1.54, 1.807) is 18.1 Å². The highest BCUT2D eigenvalue weighted by molar-refractivity contribution is 7.99. The molecule has 0 spiro atoms. The number of aromatic nitrogens is 6. The molecule has 0 aliphatic rings. The number of nitrogens with one attached hydrogen (secondary N) is 2. The number of carbonyl (C=O) groups excluding carboxylic acids is 1. The van der Waals surface area contributed by atoms with Crippen LogP contribution in [0.4, 0.5) is 11.1 Å². The maximum Gasteiger partial charge on any atom is 0.229 e. The van der Waals surface area contributed by atoms with Gasteiger partial charge in [0.2, 0.25) is 11.9 Å². The lowest BCUT2D eigenvalue weighted by molar-refractivity contribution is -0.120. The third kappa shape index (κ3) is 5.73. The van der Waals surface area contributed by atoms with Crippen molar-refractivity contribution in [3.63, 3.8) is 0 Å². The SMILES string of the molecule is Cc1cc(C)nc(Nc2nc(CC(=O)NCCSc3nncn3C)cs2)n1. The molecule has 27 heavy (non-hydrogen) atoms. The van der Waals surface area contributed by atoms with Crippen LogP contribution in [0.15, 0.2) is 22.9 Å². The van der Waals surface area contributed by atoms with Crippen molar-refractivity contribution in [3.8, 4) is 0 Å². The first-order chi connectivity index (χ1) is 13.0. The number of carbonyl (C=O) groups is 1. The molecule has 0 bridgehead atoms. The predicted octanol–water partition coefficient (Wildman–Crippen LogP) is 1.87. The number of nitrogens with zero attached hydrogens (tertiary/aromatic N) is 6. The Balaban J connectivity index is 1.44. The van der Waals surface area contributed by atoms with E-state index in [9.17, 15) is 4.79 Å². The van der Waals surface area contributed by atoms with Crippen LogP contribution >= 0.6 is 23.1 Å². The minimum absolute atomic E-state index is 0.0620. The molecule has 0 aliphatic heterocycles. The van der Waals surface area contributed by atoms with Crippen molar-refractivity contribution in [3.05, 3.63) is 34.9 Å². The predicted molar refractivity (Wildman–Crippen MR) is 105 cm³/mol. The molecule has 3 heterocycles. The largest absolute Gasteiger partial charge is 0.355 e. The molecular formula is C16H20N8OS2. The van der Waals surface area contributed by atoms with Gasteiger partial charge >= 0.3 is 0 Å². The van der Waals surface area contributed by atoms with Gasteiger partial charge in [-0.3, -0.25) is 4.79 Å². The van der Waals surface area contributed by atoms with Crippen LogP contribution in [0.1, 0.15) is 17.1 Å². The Kier molecular flexibility index (Phi) is 6.35. The van der Waals surface area contributed by atoms with Gasteiger partial charge in [0.15, 0.2) is 10.3 Å². The van der Waals surface area contributed by atoms with E-state index >= 15 is 0 Å². The monoisotopic (exact) mass is 404 g/mol. The molecular weight excluding hydrogens is 384 g/mol. The molecule has 0 fully saturated rings. The molecule has 1 amide bonds. The van der Waals surface area contributed by atoms with E-state index in [4.69, 9.17) is 0 Å². The Bertz CT molecular complexity index is 903. The zero-order valence-corrected chi connectivity index (χ0v) is 16.9. The summed E-state index contributed by atoms with van der Waals surface area (Å²) < 4.78 is 1.84. The van der Waals surface area contributed by atoms with Gasteiger partial charge in [0.05, 0.1) is 12.1 Å². The van der Waals surface area contributed by atoms with Crippen molar-refractivity contribution < 1.29 is 4.79 Å². The molecule has 11 heteroatoms. The van der Waals surface area contributed by atoms with E-state index < -0.39 is 0 Å². The van der Waals surface area contributed by atoms with Crippen molar-refractivity contribution >= 4 is 40.1 Å². The van der Waals surface area contributed by atoms with E-state index in [0.717, 1.165) is 22.3 Å². The van der Waals surface area contributed by atoms with Crippen molar-refractivity contribution in [2.24, 2.45) is 7.05 Å². The summed E-state index contributed by atoms with van der Waals surface area (Å²) in [6.07, 6.45) is 1.89. The molecule has 3 aromatic rings. The van der Waals surface area contributed by atoms with E-state index in [-0.39, 0.29) is 12.3 Å². The van der Waals surface area contributed by atoms with Crippen LogP contribution < -0.4 is 10.6 Å². The summed E-state index contributed by atoms with van der Waals surface area (Å²) >= 11 is 2.97. The lowest BCUT2D eigenvalue weighted by Crippen LogP contribution is -2.27. The fourth-order valence-electron chi connectivity index (χ4n) is 2.29. The summed E-state index contributed by atoms with van der Waals surface area (Å²) in [5, 5.41) is 17.1. The molecule has 2 N–H and O–H groups in total. The van der Waals surface area contributed by atoms with Gasteiger partial charge in [-0.15, -0.1) is 21.5 Å². The molecule has 0 saturated heterocycles. The number of anilines is 2. The highest BCUT2D eigenvalue weighted by Crippen LogP contribution is 2.19. The summed E-state index contributed by atoms with van der Waals surface area (Å²) in [6.45, 7) is 4.39. The quantitative estimate of drug-likeness (QED) is 0.432. The first-order valence-corrected chi connectivity index (χ1v) is 10.1. The second-order valence-electron chi connectivity index (χ2n) is 5.84. The minimum Gasteiger partial charge on any atom is -0.355 e. The second-order valence-corrected chi connectivity index (χ2v) is 7.76. The molecule has 0 saturated carbocycles. The number of hydrogen-bond acceptors (Lipinski definition) is 9. The number of thioether (sulfide) groups is 1. The van der Waals surface area contributed by atoms with E-state index in [1.807, 2.05) is 36.9 Å². The average Bonchev–Trinajstić information content (AvgIpc) is 3.20. The Hall–Kier alpha value is -2.53. The Morgan fingerprint density at radius 1 is 1.26 bits per heavy atom. The van der Waals surface area contributed by atoms with Crippen LogP contribution in [0.5, 0.6) is 0 Å². The summed E-state index contributed by atoms with van der Waals surface area (Å²) in [4.78, 5) is 25.1. The van der Waals surface area contributed by atoms with Crippen LogP contribution in [0.2, 0.25) is 0 Å². The Labute approximate surface area is 165 Å². The lowest BCUT2D eigenvalue weighted by atomic mass is 10.3. The smallest absolute Gasteiger partial charge is 0.229 e. The first-order valence-electron chi connectivity index (χ1n) is 8.27. The minimum atomic E-state index is -0.0620. The molecule has 0 radical (unpaired) electrons. The maximum atomic E-state index is 12.1. The third-order valence-electron chi connectivity index (χ3n) is 3.42. The number of thiazole rings is 1. The molecule has 0 unspecified atom stereocenters. The van der Waals surface area contributed by atoms with Gasteiger partial charge in [0, 0.05) is 36.1 Å². The van der Waals surface area contributed by atoms with Gasteiger partial charge in [-0.2, -0.15) is 0 Å². The summed E-state index contributed by atoms with van der Waals surface area (Å²) in [7, 11) is 1.89. The molecule has 9 nitrogen and oxygen atoms in total. The van der Waals surface area contributed by atoms with Crippen molar-refractivity contribution in [1.29, 1.82) is 0 Å². The van der Waals surface area contributed by atoms with Gasteiger partial charge in [-0.1, -0.05) is 11.8 Å². The van der Waals surface area contributed by atoms with Gasteiger partial charge in [0.1, 0.15) is 6.33 Å². The summed E-state index contributed by atoms with van der Waals surface area (Å²) in [5.41, 5.74) is 2.49. The zero-order chi connectivity index (χ0) is 19.2. The molecule has 0 atom stereocenters. The van der Waals surface area contributed by atoms with Crippen molar-refractivity contribution in [1.82, 2.24) is 35.0 Å². The summed E-state index contributed by atoms with van der Waals surface area (Å²) in [6, 6.07) is 1.91. The zero-order valence-electron chi connectivity index (χ0n) is 15.3. The van der Waals surface area contributed by atoms with E-state index in [1.165, 1.54) is 11.3 Å². The normalized spacial score (nSPS) is 10.8. The Morgan fingerprint density at radius 2 is 2.04 bits per heavy atom. The number of aryl methyl sites for hydroxylation is 3. The van der Waals surface area contributed by atoms with Crippen molar-refractivity contribution in [2.45, 2.75) is 25.4 Å². The van der Waals surface area contributed by atoms with Gasteiger partial charge in [-0.25, -0.2) is 15.0 Å². The van der Waals surface area contributed by atoms with E-state index in [0.29, 0.717) is 23.3 Å². The highest BCUT2D eigenvalue weighted by atomic mass is 32.2. The second kappa shape index (κ2) is 8.91. The van der Waals surface area contributed by atoms with Crippen LogP contribution in [-0.2, 0) is 18.3 Å². The van der Waals surface area contributed by atoms with Crippen LogP contribution in [0.25, 0.3) is 0 Å². The number of rotatable bonds is 8. The number of hydrogen-bond donors (Lipinski definition) is 2. The molecule has 3 rings (SSSR count). The van der Waals surface area contributed by atoms with Gasteiger partial charge in [0.25, 0.3) is 0 Å². The van der Waals surface area contributed by atoms with Gasteiger partial charge < -0.3 is 15.2 Å². The highest BCUT2D eigenvalue weighted by Gasteiger charge is 2.09. The van der Waals surface area contributed by atoms with Crippen molar-refractivity contribution in [2.75, 3.05) is 17.6 Å². The van der Waals surface area contributed by atoms with Crippen LogP contribution in [0, 0.1) is 13.8 Å². The molecule has 3 aromatic heterocycles. The van der Waals surface area contributed by atoms with E-state index in [2.05, 4.69) is 35.8 Å². The lowest BCUT2D eigenvalue weighted by Gasteiger charge is -2.04. The molecule has 142 valence electrons. The van der Waals surface area contributed by atoms with Crippen LogP contribution in [0.3, 0.4) is 0 Å². The average molecular weight is 405 g/mol. The Morgan fingerprint density at radius 3 is 2.74 bits per heavy atom. The van der Waals surface area contributed by atoms with Crippen LogP contribution in [-0.4, -0.2) is 47.9 Å². The summed E-state index contributed by atoms with van der Waals surface area (Å²) in [5.74, 6) is 1.18. The maximum absolute atomic E-state index is 12.1. The fourth-order valence-corrected chi connectivity index (χ4v) is 3.73. The topological polar surface area (TPSA) is 111 Å². The molecule has 0 aromatic carbocycles. The fraction of sp³-hybridized carbons (Fsp3) is 0.375. The first kappa shape index (κ1) is 19.2. The molecule has 0 aliphatic carbocycles. The number of amides is 1. The standard InChI is InChI=1S/C16H20N8OS2/c1-10-6-11(2)20-14(19-10)22-15-21-12(8-27-15)7-13(25)17-4-5-26-16-23-18-9-24(16)3/h6,8-9H,4-5,7H2,1-3H3,(H,17,25)(H,19,20,21,22). The third-order valence-corrected chi connectivity index (χ3v) is 5.26.